The number of thiocarbonyl (C=S) groups is 1. The second-order valence-corrected chi connectivity index (χ2v) is 3.49. The second-order valence-electron chi connectivity index (χ2n) is 2.67. The van der Waals surface area contributed by atoms with Crippen LogP contribution in [0.5, 0.6) is 0 Å². The van der Waals surface area contributed by atoms with Crippen molar-refractivity contribution >= 4 is 40.7 Å². The number of nitrogens with one attached hydrogen (secondary N) is 2. The van der Waals surface area contributed by atoms with E-state index in [4.69, 9.17) is 23.1 Å². The van der Waals surface area contributed by atoms with Crippen molar-refractivity contribution in [3.63, 3.8) is 0 Å². The van der Waals surface area contributed by atoms with E-state index in [2.05, 4.69) is 22.9 Å². The molecule has 3 amide bonds. The number of halogens is 1. The molecule has 6 nitrogen and oxygen atoms in total. The average molecular weight is 253 g/mol. The fraction of sp³-hybridized carbons (Fsp3) is 0.571. The minimum Gasteiger partial charge on any atom is -0.368 e. The molecule has 0 saturated heterocycles. The number of hydrogen-bond acceptors (Lipinski definition) is 4. The third-order valence-corrected chi connectivity index (χ3v) is 2.04. The molecule has 0 aromatic heterocycles. The van der Waals surface area contributed by atoms with Gasteiger partial charge in [-0.2, -0.15) is 0 Å². The van der Waals surface area contributed by atoms with Gasteiger partial charge in [0.25, 0.3) is 0 Å². The second kappa shape index (κ2) is 7.38. The third-order valence-electron chi connectivity index (χ3n) is 1.42. The molecule has 0 fully saturated rings. The Hall–Kier alpha value is -0.920. The highest BCUT2D eigenvalue weighted by Crippen LogP contribution is 1.83. The van der Waals surface area contributed by atoms with E-state index in [1.54, 1.807) is 0 Å². The summed E-state index contributed by atoms with van der Waals surface area (Å²) in [4.78, 5) is 21.6. The van der Waals surface area contributed by atoms with Crippen LogP contribution in [-0.4, -0.2) is 35.4 Å². The summed E-state index contributed by atoms with van der Waals surface area (Å²) in [5, 5.41) is 4.71. The minimum absolute atomic E-state index is 0.106. The first-order valence-corrected chi connectivity index (χ1v) is 5.13. The summed E-state index contributed by atoms with van der Waals surface area (Å²) in [6, 6.07) is -1.68. The zero-order valence-electron chi connectivity index (χ0n) is 7.96. The van der Waals surface area contributed by atoms with E-state index in [-0.39, 0.29) is 4.99 Å². The van der Waals surface area contributed by atoms with Crippen LogP contribution in [0.3, 0.4) is 0 Å². The molecule has 0 bridgehead atoms. The summed E-state index contributed by atoms with van der Waals surface area (Å²) in [5.41, 5.74) is 10.2. The number of carbonyl (C=O) groups is 2. The first-order valence-electron chi connectivity index (χ1n) is 4.18. The quantitative estimate of drug-likeness (QED) is 0.287. The van der Waals surface area contributed by atoms with Crippen LogP contribution in [0.2, 0.25) is 0 Å². The topological polar surface area (TPSA) is 110 Å². The number of urea groups is 1. The molecule has 0 spiro atoms. The number of rotatable bonds is 5. The summed E-state index contributed by atoms with van der Waals surface area (Å²) in [6.07, 6.45) is 0.642. The number of amides is 3. The maximum Gasteiger partial charge on any atom is 0.319 e. The van der Waals surface area contributed by atoms with Crippen LogP contribution in [0, 0.1) is 0 Å². The van der Waals surface area contributed by atoms with Crippen molar-refractivity contribution < 1.29 is 9.59 Å². The highest BCUT2D eigenvalue weighted by molar-refractivity contribution is 7.80. The maximum absolute atomic E-state index is 11.1. The predicted molar refractivity (Wildman–Crippen MR) is 61.6 cm³/mol. The van der Waals surface area contributed by atoms with Crippen LogP contribution in [0.1, 0.15) is 6.42 Å². The van der Waals surface area contributed by atoms with Gasteiger partial charge in [-0.15, -0.1) is 11.6 Å². The van der Waals surface area contributed by atoms with Crippen molar-refractivity contribution in [3.8, 4) is 0 Å². The van der Waals surface area contributed by atoms with Gasteiger partial charge in [0, 0.05) is 12.4 Å². The van der Waals surface area contributed by atoms with Crippen LogP contribution in [0.15, 0.2) is 0 Å². The number of hydrogen-bond donors (Lipinski definition) is 4. The van der Waals surface area contributed by atoms with E-state index in [0.717, 1.165) is 0 Å². The van der Waals surface area contributed by atoms with Crippen LogP contribution in [-0.2, 0) is 4.79 Å². The lowest BCUT2D eigenvalue weighted by Gasteiger charge is -2.11. The summed E-state index contributed by atoms with van der Waals surface area (Å²) in [7, 11) is 0. The Labute approximate surface area is 97.7 Å². The van der Waals surface area contributed by atoms with Gasteiger partial charge >= 0.3 is 6.03 Å². The first kappa shape index (κ1) is 14.1. The molecule has 0 aliphatic heterocycles. The summed E-state index contributed by atoms with van der Waals surface area (Å²) in [6.45, 7) is 0.420. The number of nitrogens with two attached hydrogens (primary N) is 2. The van der Waals surface area contributed by atoms with Crippen molar-refractivity contribution in [1.29, 1.82) is 0 Å². The highest BCUT2D eigenvalue weighted by Gasteiger charge is 2.16. The van der Waals surface area contributed by atoms with Crippen LogP contribution in [0.25, 0.3) is 0 Å². The average Bonchev–Trinajstić information content (AvgIpc) is 2.16. The molecule has 0 aromatic carbocycles. The molecule has 0 radical (unpaired) electrons. The smallest absolute Gasteiger partial charge is 0.319 e. The van der Waals surface area contributed by atoms with Crippen molar-refractivity contribution in [1.82, 2.24) is 10.6 Å². The lowest BCUT2D eigenvalue weighted by Crippen LogP contribution is -2.51. The van der Waals surface area contributed by atoms with E-state index in [1.165, 1.54) is 0 Å². The molecule has 0 rings (SSSR count). The summed E-state index contributed by atoms with van der Waals surface area (Å²) >= 11 is 10.1. The van der Waals surface area contributed by atoms with Crippen LogP contribution >= 0.6 is 23.8 Å². The standard InChI is InChI=1S/C7H13ClN4O2S/c8-2-1-3-11-7(14)12-6(15)4(9)5(10)13/h4H,1-3,9H2,(H2,10,13)(H2,11,12,14,15). The Kier molecular flexibility index (Phi) is 6.93. The molecule has 0 heterocycles. The number of carbonyl (C=O) groups excluding carboxylic acids is 2. The molecule has 6 N–H and O–H groups in total. The molecule has 0 aliphatic carbocycles. The maximum atomic E-state index is 11.1. The predicted octanol–water partition coefficient (Wildman–Crippen LogP) is -0.946. The molecule has 0 saturated carbocycles. The minimum atomic E-state index is -1.15. The fourth-order valence-electron chi connectivity index (χ4n) is 0.632. The Morgan fingerprint density at radius 2 is 2.07 bits per heavy atom. The number of primary amides is 1. The largest absolute Gasteiger partial charge is 0.368 e. The van der Waals surface area contributed by atoms with Crippen molar-refractivity contribution in [2.24, 2.45) is 11.5 Å². The van der Waals surface area contributed by atoms with Gasteiger partial charge in [0.2, 0.25) is 5.91 Å². The normalized spacial score (nSPS) is 11.6. The van der Waals surface area contributed by atoms with Gasteiger partial charge in [0.05, 0.1) is 0 Å². The molecule has 15 heavy (non-hydrogen) atoms. The van der Waals surface area contributed by atoms with Crippen molar-refractivity contribution in [2.75, 3.05) is 12.4 Å². The van der Waals surface area contributed by atoms with Gasteiger partial charge in [-0.05, 0) is 6.42 Å². The van der Waals surface area contributed by atoms with Crippen LogP contribution in [0.4, 0.5) is 4.79 Å². The Morgan fingerprint density at radius 1 is 1.47 bits per heavy atom. The zero-order chi connectivity index (χ0) is 11.8. The Balaban J connectivity index is 3.86. The fourth-order valence-corrected chi connectivity index (χ4v) is 0.974. The van der Waals surface area contributed by atoms with E-state index in [1.807, 2.05) is 0 Å². The Bertz CT molecular complexity index is 261. The lowest BCUT2D eigenvalue weighted by atomic mass is 10.3. The molecular weight excluding hydrogens is 240 g/mol. The van der Waals surface area contributed by atoms with Gasteiger partial charge in [0.15, 0.2) is 0 Å². The SMILES string of the molecule is NC(=O)C(N)C(=S)NC(=O)NCCCCl. The lowest BCUT2D eigenvalue weighted by molar-refractivity contribution is -0.117. The number of alkyl halides is 1. The molecule has 8 heteroatoms. The van der Waals surface area contributed by atoms with Crippen molar-refractivity contribution in [2.45, 2.75) is 12.5 Å². The van der Waals surface area contributed by atoms with E-state index in [9.17, 15) is 9.59 Å². The van der Waals surface area contributed by atoms with E-state index >= 15 is 0 Å². The van der Waals surface area contributed by atoms with Gasteiger partial charge in [-0.25, -0.2) is 4.79 Å². The van der Waals surface area contributed by atoms with E-state index < -0.39 is 18.0 Å². The summed E-state index contributed by atoms with van der Waals surface area (Å²) < 4.78 is 0. The molecule has 1 atom stereocenters. The molecule has 1 unspecified atom stereocenters. The highest BCUT2D eigenvalue weighted by atomic mass is 35.5. The van der Waals surface area contributed by atoms with Gasteiger partial charge in [-0.3, -0.25) is 4.79 Å². The van der Waals surface area contributed by atoms with Gasteiger partial charge in [-0.1, -0.05) is 12.2 Å². The zero-order valence-corrected chi connectivity index (χ0v) is 9.53. The third kappa shape index (κ3) is 6.21. The van der Waals surface area contributed by atoms with Crippen molar-refractivity contribution in [3.05, 3.63) is 0 Å². The monoisotopic (exact) mass is 252 g/mol. The van der Waals surface area contributed by atoms with E-state index in [0.29, 0.717) is 18.8 Å². The molecule has 0 aromatic rings. The molecule has 86 valence electrons. The van der Waals surface area contributed by atoms with Gasteiger partial charge < -0.3 is 22.1 Å². The molecule has 0 aliphatic rings. The first-order chi connectivity index (χ1) is 6.99. The Morgan fingerprint density at radius 3 is 2.53 bits per heavy atom. The molecular formula is C7H13ClN4O2S. The van der Waals surface area contributed by atoms with Crippen LogP contribution < -0.4 is 22.1 Å². The van der Waals surface area contributed by atoms with Gasteiger partial charge in [0.1, 0.15) is 11.0 Å². The summed E-state index contributed by atoms with van der Waals surface area (Å²) in [5.74, 6) is -0.341.